The Morgan fingerprint density at radius 3 is 2.65 bits per heavy atom. The molecule has 2 aromatic carbocycles. The van der Waals surface area contributed by atoms with Crippen LogP contribution < -0.4 is 5.32 Å². The molecule has 10 nitrogen and oxygen atoms in total. The van der Waals surface area contributed by atoms with E-state index in [1.807, 2.05) is 31.2 Å². The molecular formula is C24H19BrClN5O5S. The lowest BCUT2D eigenvalue weighted by atomic mass is 10.2. The number of hydrogen-bond acceptors (Lipinski definition) is 7. The number of thioether (sulfide) groups is 1. The van der Waals surface area contributed by atoms with Gasteiger partial charge < -0.3 is 5.32 Å². The number of benzene rings is 2. The molecule has 1 aromatic heterocycles. The van der Waals surface area contributed by atoms with Crippen molar-refractivity contribution in [2.75, 3.05) is 13.1 Å². The molecule has 0 bridgehead atoms. The molecule has 4 rings (SSSR count). The summed E-state index contributed by atoms with van der Waals surface area (Å²) >= 11 is 9.95. The minimum Gasteiger partial charge on any atom is -0.350 e. The number of nitro benzene ring substituents is 1. The summed E-state index contributed by atoms with van der Waals surface area (Å²) < 4.78 is 2.63. The molecule has 0 saturated carbocycles. The van der Waals surface area contributed by atoms with Crippen LogP contribution in [0.25, 0.3) is 11.8 Å². The van der Waals surface area contributed by atoms with E-state index < -0.39 is 16.1 Å². The van der Waals surface area contributed by atoms with Crippen molar-refractivity contribution >= 4 is 68.1 Å². The molecule has 1 fully saturated rings. The summed E-state index contributed by atoms with van der Waals surface area (Å²) in [4.78, 5) is 49.6. The third-order valence-electron chi connectivity index (χ3n) is 5.48. The van der Waals surface area contributed by atoms with Crippen molar-refractivity contribution in [3.8, 4) is 5.69 Å². The van der Waals surface area contributed by atoms with Crippen LogP contribution in [0.5, 0.6) is 0 Å². The molecule has 1 saturated heterocycles. The van der Waals surface area contributed by atoms with Gasteiger partial charge in [-0.2, -0.15) is 5.10 Å². The van der Waals surface area contributed by atoms with E-state index in [2.05, 4.69) is 26.3 Å². The van der Waals surface area contributed by atoms with E-state index in [0.717, 1.165) is 32.5 Å². The van der Waals surface area contributed by atoms with Crippen molar-refractivity contribution in [2.45, 2.75) is 13.3 Å². The van der Waals surface area contributed by atoms with Crippen molar-refractivity contribution < 1.29 is 19.3 Å². The fourth-order valence-corrected chi connectivity index (χ4v) is 5.00. The monoisotopic (exact) mass is 603 g/mol. The van der Waals surface area contributed by atoms with Crippen molar-refractivity contribution in [3.63, 3.8) is 0 Å². The zero-order valence-corrected chi connectivity index (χ0v) is 22.5. The van der Waals surface area contributed by atoms with Crippen LogP contribution in [0.4, 0.5) is 10.5 Å². The normalized spacial score (nSPS) is 14.5. The molecule has 13 heteroatoms. The summed E-state index contributed by atoms with van der Waals surface area (Å²) in [6.07, 6.45) is 3.46. The van der Waals surface area contributed by atoms with Gasteiger partial charge in [0.15, 0.2) is 0 Å². The number of amides is 3. The highest BCUT2D eigenvalue weighted by atomic mass is 79.9. The molecular weight excluding hydrogens is 586 g/mol. The van der Waals surface area contributed by atoms with Crippen LogP contribution in [0.15, 0.2) is 58.0 Å². The number of imide groups is 1. The maximum atomic E-state index is 12.8. The van der Waals surface area contributed by atoms with E-state index in [1.165, 1.54) is 30.5 Å². The molecule has 0 spiro atoms. The number of nitrogens with one attached hydrogen (secondary N) is 1. The number of carbonyl (C=O) groups excluding carboxylic acids is 3. The van der Waals surface area contributed by atoms with Gasteiger partial charge in [0, 0.05) is 23.6 Å². The van der Waals surface area contributed by atoms with Crippen LogP contribution in [0.2, 0.25) is 5.02 Å². The SMILES string of the molecule is CCc1c(C(=O)NCCN2C(=O)S/C(=C/c3ccc(Cl)c([N+](=O)[O-])c3)C2=O)cnn1-c1ccc(Br)cc1. The van der Waals surface area contributed by atoms with Gasteiger partial charge in [0.1, 0.15) is 5.02 Å². The summed E-state index contributed by atoms with van der Waals surface area (Å²) in [5.41, 5.74) is 2.02. The molecule has 1 N–H and O–H groups in total. The topological polar surface area (TPSA) is 127 Å². The molecule has 190 valence electrons. The molecule has 2 heterocycles. The quantitative estimate of drug-likeness (QED) is 0.212. The van der Waals surface area contributed by atoms with Gasteiger partial charge in [0.25, 0.3) is 22.7 Å². The largest absolute Gasteiger partial charge is 0.350 e. The van der Waals surface area contributed by atoms with E-state index in [4.69, 9.17) is 11.6 Å². The fourth-order valence-electron chi connectivity index (χ4n) is 3.69. The van der Waals surface area contributed by atoms with Crippen molar-refractivity contribution in [3.05, 3.63) is 90.0 Å². The maximum absolute atomic E-state index is 12.8. The van der Waals surface area contributed by atoms with Gasteiger partial charge >= 0.3 is 0 Å². The third-order valence-corrected chi connectivity index (χ3v) is 7.23. The number of aromatic nitrogens is 2. The first-order valence-corrected chi connectivity index (χ1v) is 13.0. The van der Waals surface area contributed by atoms with Gasteiger partial charge in [0.2, 0.25) is 0 Å². The molecule has 0 atom stereocenters. The van der Waals surface area contributed by atoms with Crippen LogP contribution in [-0.4, -0.2) is 49.7 Å². The van der Waals surface area contributed by atoms with Gasteiger partial charge in [-0.05, 0) is 60.2 Å². The zero-order chi connectivity index (χ0) is 26.7. The first kappa shape index (κ1) is 26.6. The van der Waals surface area contributed by atoms with Gasteiger partial charge in [-0.25, -0.2) is 4.68 Å². The van der Waals surface area contributed by atoms with Crippen LogP contribution >= 0.6 is 39.3 Å². The molecule has 37 heavy (non-hydrogen) atoms. The lowest BCUT2D eigenvalue weighted by Gasteiger charge is -2.13. The Hall–Kier alpha value is -3.48. The average molecular weight is 605 g/mol. The van der Waals surface area contributed by atoms with Crippen LogP contribution in [0, 0.1) is 10.1 Å². The van der Waals surface area contributed by atoms with Gasteiger partial charge in [0.05, 0.1) is 33.0 Å². The molecule has 0 unspecified atom stereocenters. The standard InChI is InChI=1S/C24H19BrClN5O5S/c1-2-19-17(13-28-30(19)16-6-4-15(25)5-7-16)22(32)27-9-10-29-23(33)21(37-24(29)34)12-14-3-8-18(26)20(11-14)31(35)36/h3-8,11-13H,2,9-10H2,1H3,(H,27,32)/b21-12+. The summed E-state index contributed by atoms with van der Waals surface area (Å²) in [6.45, 7) is 1.94. The minimum atomic E-state index is -0.624. The summed E-state index contributed by atoms with van der Waals surface area (Å²) in [6, 6.07) is 11.6. The number of rotatable bonds is 8. The maximum Gasteiger partial charge on any atom is 0.293 e. The summed E-state index contributed by atoms with van der Waals surface area (Å²) in [7, 11) is 0. The van der Waals surface area contributed by atoms with Gasteiger partial charge in [-0.1, -0.05) is 40.5 Å². The van der Waals surface area contributed by atoms with Crippen LogP contribution in [-0.2, 0) is 11.2 Å². The molecule has 3 amide bonds. The Labute approximate surface area is 228 Å². The summed E-state index contributed by atoms with van der Waals surface area (Å²) in [5, 5.41) is 17.7. The first-order chi connectivity index (χ1) is 17.7. The van der Waals surface area contributed by atoms with E-state index in [-0.39, 0.29) is 34.6 Å². The van der Waals surface area contributed by atoms with Crippen molar-refractivity contribution in [2.24, 2.45) is 0 Å². The van der Waals surface area contributed by atoms with E-state index in [0.29, 0.717) is 17.5 Å². The molecule has 0 radical (unpaired) electrons. The Bertz CT molecular complexity index is 1440. The minimum absolute atomic E-state index is 0.0281. The highest BCUT2D eigenvalue weighted by Gasteiger charge is 2.35. The highest BCUT2D eigenvalue weighted by molar-refractivity contribution is 9.10. The van der Waals surface area contributed by atoms with Crippen LogP contribution in [0.1, 0.15) is 28.5 Å². The van der Waals surface area contributed by atoms with E-state index in [9.17, 15) is 24.5 Å². The summed E-state index contributed by atoms with van der Waals surface area (Å²) in [5.74, 6) is -0.907. The molecule has 0 aliphatic carbocycles. The zero-order valence-electron chi connectivity index (χ0n) is 19.3. The second kappa shape index (κ2) is 11.3. The fraction of sp³-hybridized carbons (Fsp3) is 0.167. The Kier molecular flexibility index (Phi) is 8.10. The first-order valence-electron chi connectivity index (χ1n) is 11.0. The molecule has 1 aliphatic rings. The number of carbonyl (C=O) groups is 3. The van der Waals surface area contributed by atoms with Gasteiger partial charge in [-0.15, -0.1) is 0 Å². The second-order valence-corrected chi connectivity index (χ2v) is 10.1. The predicted molar refractivity (Wildman–Crippen MR) is 144 cm³/mol. The van der Waals surface area contributed by atoms with E-state index >= 15 is 0 Å². The molecule has 3 aromatic rings. The second-order valence-electron chi connectivity index (χ2n) is 7.80. The number of nitrogens with zero attached hydrogens (tertiary/aromatic N) is 4. The Morgan fingerprint density at radius 2 is 1.97 bits per heavy atom. The van der Waals surface area contributed by atoms with Crippen LogP contribution in [0.3, 0.4) is 0 Å². The highest BCUT2D eigenvalue weighted by Crippen LogP contribution is 2.33. The predicted octanol–water partition coefficient (Wildman–Crippen LogP) is 5.23. The van der Waals surface area contributed by atoms with E-state index in [1.54, 1.807) is 4.68 Å². The van der Waals surface area contributed by atoms with Crippen molar-refractivity contribution in [1.29, 1.82) is 0 Å². The Morgan fingerprint density at radius 1 is 1.24 bits per heavy atom. The third kappa shape index (κ3) is 5.76. The molecule has 1 aliphatic heterocycles. The van der Waals surface area contributed by atoms with Gasteiger partial charge in [-0.3, -0.25) is 29.4 Å². The Balaban J connectivity index is 1.41. The number of nitro groups is 1. The number of halogens is 2. The van der Waals surface area contributed by atoms with Crippen molar-refractivity contribution in [1.82, 2.24) is 20.0 Å². The lowest BCUT2D eigenvalue weighted by molar-refractivity contribution is -0.384. The average Bonchev–Trinajstić information content (AvgIpc) is 3.41. The smallest absolute Gasteiger partial charge is 0.293 e. The lowest BCUT2D eigenvalue weighted by Crippen LogP contribution is -2.37. The number of hydrogen-bond donors (Lipinski definition) is 1.